The number of hydrogen-bond acceptors (Lipinski definition) is 10. The number of sulfone groups is 1. The lowest BCUT2D eigenvalue weighted by Crippen LogP contribution is -2.39. The largest absolute Gasteiger partial charge is 0.474 e. The highest BCUT2D eigenvalue weighted by molar-refractivity contribution is 7.91. The number of carbonyl (C=O) groups excluding carboxylic acids is 1. The van der Waals surface area contributed by atoms with Crippen molar-refractivity contribution in [3.63, 3.8) is 0 Å². The van der Waals surface area contributed by atoms with Crippen LogP contribution < -0.4 is 15.8 Å². The first kappa shape index (κ1) is 29.2. The monoisotopic (exact) mass is 581 g/mol. The van der Waals surface area contributed by atoms with E-state index in [0.717, 1.165) is 23.8 Å². The van der Waals surface area contributed by atoms with E-state index in [1.54, 1.807) is 31.5 Å². The van der Waals surface area contributed by atoms with Gasteiger partial charge in [-0.1, -0.05) is 6.92 Å². The van der Waals surface area contributed by atoms with Gasteiger partial charge in [-0.05, 0) is 82.5 Å². The molecule has 1 fully saturated rings. The molecule has 3 aromatic heterocycles. The first-order chi connectivity index (χ1) is 19.1. The van der Waals surface area contributed by atoms with Crippen LogP contribution in [-0.2, 0) is 20.1 Å². The number of esters is 1. The third-order valence-electron chi connectivity index (χ3n) is 8.66. The predicted octanol–water partition coefficient (Wildman–Crippen LogP) is 5.00. The van der Waals surface area contributed by atoms with Gasteiger partial charge in [0.05, 0.1) is 28.0 Å². The fourth-order valence-electron chi connectivity index (χ4n) is 5.38. The van der Waals surface area contributed by atoms with Gasteiger partial charge in [0.2, 0.25) is 5.88 Å². The van der Waals surface area contributed by atoms with Crippen LogP contribution in [0.4, 0.5) is 11.6 Å². The van der Waals surface area contributed by atoms with Crippen LogP contribution in [0.1, 0.15) is 88.3 Å². The Labute approximate surface area is 241 Å². The molecular weight excluding hydrogens is 542 g/mol. The topological polar surface area (TPSA) is 146 Å². The van der Waals surface area contributed by atoms with E-state index in [1.807, 2.05) is 40.7 Å². The first-order valence-electron chi connectivity index (χ1n) is 14.0. The summed E-state index contributed by atoms with van der Waals surface area (Å²) >= 11 is 0. The second kappa shape index (κ2) is 10.2. The molecule has 3 aromatic rings. The summed E-state index contributed by atoms with van der Waals surface area (Å²) in [6.45, 7) is 11.3. The number of pyridine rings is 3. The molecular formula is C30H39N5O5S. The molecule has 1 saturated carbocycles. The minimum Gasteiger partial charge on any atom is -0.474 e. The molecule has 3 N–H and O–H groups in total. The van der Waals surface area contributed by atoms with Crippen molar-refractivity contribution < 1.29 is 22.7 Å². The van der Waals surface area contributed by atoms with Crippen LogP contribution in [0.3, 0.4) is 0 Å². The fraction of sp³-hybridized carbons (Fsp3) is 0.533. The Hall–Kier alpha value is -3.31. The Bertz CT molecular complexity index is 1620. The van der Waals surface area contributed by atoms with Crippen LogP contribution in [0.15, 0.2) is 30.6 Å². The van der Waals surface area contributed by atoms with Crippen LogP contribution in [0.25, 0.3) is 10.8 Å². The summed E-state index contributed by atoms with van der Waals surface area (Å²) in [5, 5.41) is 4.30. The number of carbonyl (C=O) groups is 1. The average molecular weight is 582 g/mol. The number of fused-ring (bicyclic) bond motifs is 2. The van der Waals surface area contributed by atoms with Gasteiger partial charge >= 0.3 is 5.97 Å². The van der Waals surface area contributed by atoms with Gasteiger partial charge in [0.1, 0.15) is 27.1 Å². The van der Waals surface area contributed by atoms with Gasteiger partial charge in [-0.3, -0.25) is 0 Å². The molecule has 0 unspecified atom stereocenters. The Morgan fingerprint density at radius 1 is 1.17 bits per heavy atom. The van der Waals surface area contributed by atoms with E-state index >= 15 is 0 Å². The number of ether oxygens (including phenoxy) is 2. The third kappa shape index (κ3) is 5.74. The van der Waals surface area contributed by atoms with Crippen molar-refractivity contribution in [2.24, 2.45) is 11.7 Å². The molecule has 0 spiro atoms. The zero-order valence-corrected chi connectivity index (χ0v) is 25.5. The van der Waals surface area contributed by atoms with E-state index in [0.29, 0.717) is 46.5 Å². The highest BCUT2D eigenvalue weighted by Gasteiger charge is 2.42. The van der Waals surface area contributed by atoms with Gasteiger partial charge < -0.3 is 20.5 Å². The number of nitrogens with two attached hydrogens (primary N) is 1. The second-order valence-corrected chi connectivity index (χ2v) is 14.9. The Balaban J connectivity index is 1.51. The van der Waals surface area contributed by atoms with Crippen LogP contribution in [0, 0.1) is 5.92 Å². The number of hydrogen-bond donors (Lipinski definition) is 2. The van der Waals surface area contributed by atoms with Crippen molar-refractivity contribution in [2.45, 2.75) is 89.2 Å². The first-order valence-corrected chi connectivity index (χ1v) is 16.0. The molecule has 4 atom stereocenters. The highest BCUT2D eigenvalue weighted by atomic mass is 32.2. The number of anilines is 2. The molecule has 1 aliphatic carbocycles. The van der Waals surface area contributed by atoms with Crippen LogP contribution in [0.2, 0.25) is 0 Å². The van der Waals surface area contributed by atoms with E-state index in [2.05, 4.69) is 15.3 Å². The van der Waals surface area contributed by atoms with Gasteiger partial charge in [0.25, 0.3) is 0 Å². The van der Waals surface area contributed by atoms with Crippen molar-refractivity contribution in [2.75, 3.05) is 11.6 Å². The maximum Gasteiger partial charge on any atom is 0.340 e. The molecule has 220 valence electrons. The molecule has 0 aromatic carbocycles. The Morgan fingerprint density at radius 3 is 2.54 bits per heavy atom. The van der Waals surface area contributed by atoms with E-state index in [9.17, 15) is 13.2 Å². The van der Waals surface area contributed by atoms with Gasteiger partial charge in [-0.2, -0.15) is 0 Å². The molecule has 4 heterocycles. The molecule has 10 nitrogen and oxygen atoms in total. The molecule has 0 saturated heterocycles. The summed E-state index contributed by atoms with van der Waals surface area (Å²) in [6.07, 6.45) is 6.75. The quantitative estimate of drug-likeness (QED) is 0.331. The Kier molecular flexibility index (Phi) is 7.26. The summed E-state index contributed by atoms with van der Waals surface area (Å²) in [6, 6.07) is 5.38. The average Bonchev–Trinajstić information content (AvgIpc) is 3.73. The normalized spacial score (nSPS) is 21.4. The second-order valence-electron chi connectivity index (χ2n) is 12.4. The van der Waals surface area contributed by atoms with Gasteiger partial charge in [0, 0.05) is 36.5 Å². The lowest BCUT2D eigenvalue weighted by atomic mass is 9.84. The highest BCUT2D eigenvalue weighted by Crippen LogP contribution is 2.46. The Morgan fingerprint density at radius 2 is 1.88 bits per heavy atom. The SMILES string of the molecule is C[C@H](C[C@@H](C)S(C)(=O)=O)Oc1ncc([C@](C)(N)C2CC2)c2cc(Nc3ccc4c(n3)[C@@H](C)C(C)(C)OC4=O)ncc12. The van der Waals surface area contributed by atoms with Gasteiger partial charge in [0.15, 0.2) is 0 Å². The molecule has 41 heavy (non-hydrogen) atoms. The summed E-state index contributed by atoms with van der Waals surface area (Å²) in [7, 11) is -3.18. The fourth-order valence-corrected chi connectivity index (χ4v) is 6.00. The van der Waals surface area contributed by atoms with Crippen molar-refractivity contribution in [1.29, 1.82) is 0 Å². The van der Waals surface area contributed by atoms with Crippen molar-refractivity contribution in [1.82, 2.24) is 15.0 Å². The molecule has 5 rings (SSSR count). The van der Waals surface area contributed by atoms with E-state index < -0.39 is 26.2 Å². The standard InChI is InChI=1S/C30H39N5O5S/c1-16(12-17(2)41(7,37)38)39-27-22-14-32-25(13-21(22)23(15-33-27)30(6,31)19-8-9-19)34-24-11-10-20-26(35-24)18(3)29(4,5)40-28(20)36/h10-11,13-19H,8-9,12,31H2,1-7H3,(H,32,34,35)/t16-,17-,18-,30-/m1/s1. The minimum atomic E-state index is -3.18. The summed E-state index contributed by atoms with van der Waals surface area (Å²) in [4.78, 5) is 26.5. The number of nitrogens with one attached hydrogen (secondary N) is 1. The smallest absolute Gasteiger partial charge is 0.340 e. The lowest BCUT2D eigenvalue weighted by molar-refractivity contribution is -0.0189. The summed E-state index contributed by atoms with van der Waals surface area (Å²) in [5.41, 5.74) is 7.64. The predicted molar refractivity (Wildman–Crippen MR) is 158 cm³/mol. The summed E-state index contributed by atoms with van der Waals surface area (Å²) in [5.74, 6) is 1.37. The van der Waals surface area contributed by atoms with Crippen LogP contribution >= 0.6 is 0 Å². The van der Waals surface area contributed by atoms with Crippen molar-refractivity contribution >= 4 is 38.2 Å². The van der Waals surface area contributed by atoms with Crippen LogP contribution in [0.5, 0.6) is 5.88 Å². The number of rotatable bonds is 9. The molecule has 0 radical (unpaired) electrons. The van der Waals surface area contributed by atoms with Crippen LogP contribution in [-0.4, -0.2) is 52.5 Å². The number of aromatic nitrogens is 3. The molecule has 2 aliphatic rings. The van der Waals surface area contributed by atoms with E-state index in [4.69, 9.17) is 20.2 Å². The maximum absolute atomic E-state index is 12.5. The maximum atomic E-state index is 12.5. The molecule has 11 heteroatoms. The molecule has 0 bridgehead atoms. The third-order valence-corrected chi connectivity index (χ3v) is 10.3. The molecule has 0 amide bonds. The van der Waals surface area contributed by atoms with E-state index in [1.165, 1.54) is 6.26 Å². The van der Waals surface area contributed by atoms with Gasteiger partial charge in [-0.15, -0.1) is 0 Å². The summed E-state index contributed by atoms with van der Waals surface area (Å²) < 4.78 is 35.7. The molecule has 1 aliphatic heterocycles. The zero-order valence-electron chi connectivity index (χ0n) is 24.7. The number of cyclic esters (lactones) is 1. The lowest BCUT2D eigenvalue weighted by Gasteiger charge is -2.36. The van der Waals surface area contributed by atoms with E-state index in [-0.39, 0.29) is 18.0 Å². The van der Waals surface area contributed by atoms with Gasteiger partial charge in [-0.25, -0.2) is 28.2 Å². The zero-order chi connectivity index (χ0) is 29.9. The van der Waals surface area contributed by atoms with Crippen molar-refractivity contribution in [3.8, 4) is 5.88 Å². The van der Waals surface area contributed by atoms with Crippen molar-refractivity contribution in [3.05, 3.63) is 47.4 Å². The number of nitrogens with zero attached hydrogens (tertiary/aromatic N) is 3. The minimum absolute atomic E-state index is 0.0946.